The van der Waals surface area contributed by atoms with E-state index in [9.17, 15) is 54.0 Å². The van der Waals surface area contributed by atoms with Crippen molar-refractivity contribution in [1.82, 2.24) is 20.4 Å². The van der Waals surface area contributed by atoms with Gasteiger partial charge in [0, 0.05) is 87.7 Å². The summed E-state index contributed by atoms with van der Waals surface area (Å²) in [4.78, 5) is 97.1. The van der Waals surface area contributed by atoms with Crippen molar-refractivity contribution in [2.24, 2.45) is 0 Å². The average Bonchev–Trinajstić information content (AvgIpc) is 2.36. The number of methoxy groups -OCH3 is 1. The van der Waals surface area contributed by atoms with E-state index in [-0.39, 0.29) is 86.1 Å². The minimum absolute atomic E-state index is 0.0360. The molecule has 8 aliphatic rings. The summed E-state index contributed by atoms with van der Waals surface area (Å²) in [7, 11) is 3.21. The molecule has 0 aromatic heterocycles. The number of amides is 6. The topological polar surface area (TPSA) is 296 Å². The number of anilines is 3. The van der Waals surface area contributed by atoms with Gasteiger partial charge in [-0.15, -0.1) is 0 Å². The Bertz CT molecular complexity index is 3090. The van der Waals surface area contributed by atoms with Gasteiger partial charge in [-0.3, -0.25) is 28.9 Å². The summed E-state index contributed by atoms with van der Waals surface area (Å²) in [5.41, 5.74) is 6.51. The maximum Gasteiger partial charge on any atom is 0.410 e. The summed E-state index contributed by atoms with van der Waals surface area (Å²) in [6, 6.07) is 19.1. The van der Waals surface area contributed by atoms with Crippen molar-refractivity contribution in [1.29, 1.82) is 0 Å². The van der Waals surface area contributed by atoms with E-state index in [0.717, 1.165) is 44.1 Å². The monoisotopic (exact) mass is 1070 g/mol. The number of carbonyl (C=O) groups is 7. The third kappa shape index (κ3) is 8.83. The van der Waals surface area contributed by atoms with E-state index >= 15 is 0 Å². The number of rotatable bonds is 17. The van der Waals surface area contributed by atoms with Gasteiger partial charge in [-0.2, -0.15) is 0 Å². The van der Waals surface area contributed by atoms with Crippen molar-refractivity contribution in [2.75, 3.05) is 48.9 Å². The lowest BCUT2D eigenvalue weighted by Crippen LogP contribution is -2.69. The Kier molecular flexibility index (Phi) is 13.8. The van der Waals surface area contributed by atoms with Crippen molar-refractivity contribution in [3.05, 3.63) is 107 Å². The molecule has 78 heavy (non-hydrogen) atoms. The Hall–Kier alpha value is -7.67. The second-order valence-corrected chi connectivity index (χ2v) is 20.6. The van der Waals surface area contributed by atoms with Crippen LogP contribution in [0.4, 0.5) is 21.9 Å². The van der Waals surface area contributed by atoms with Crippen molar-refractivity contribution < 1.29 is 77.7 Å². The fourth-order valence-electron chi connectivity index (χ4n) is 12.5. The minimum Gasteiger partial charge on any atom is -0.479 e. The van der Waals surface area contributed by atoms with Crippen molar-refractivity contribution >= 4 is 69.8 Å². The van der Waals surface area contributed by atoms with Crippen LogP contribution in [0.15, 0.2) is 90.0 Å². The predicted molar refractivity (Wildman–Crippen MR) is 275 cm³/mol. The van der Waals surface area contributed by atoms with Gasteiger partial charge in [0.2, 0.25) is 18.1 Å². The molecule has 0 saturated carbocycles. The number of imide groups is 1. The molecule has 7 aliphatic heterocycles. The van der Waals surface area contributed by atoms with Crippen LogP contribution in [-0.4, -0.2) is 173 Å². The molecule has 0 spiro atoms. The molecule has 23 nitrogen and oxygen atoms in total. The maximum atomic E-state index is 14.5. The number of carboxylic acid groups (broad SMARTS) is 1. The summed E-state index contributed by atoms with van der Waals surface area (Å²) in [6.07, 6.45) is -7.59. The largest absolute Gasteiger partial charge is 0.479 e. The molecule has 1 aliphatic carbocycles. The first-order valence-corrected chi connectivity index (χ1v) is 25.9. The number of aliphatic hydroxyl groups is 3. The van der Waals surface area contributed by atoms with Gasteiger partial charge in [-0.05, 0) is 66.3 Å². The highest BCUT2D eigenvalue weighted by Gasteiger charge is 2.66. The number of hydrogen-bond donors (Lipinski definition) is 7. The fourth-order valence-corrected chi connectivity index (χ4v) is 12.5. The molecule has 3 aromatic rings. The number of carboxylic acids is 1. The molecular weight excluding hydrogens is 1010 g/mol. The molecule has 11 rings (SSSR count). The molecule has 410 valence electrons. The van der Waals surface area contributed by atoms with Gasteiger partial charge in [0.1, 0.15) is 43.0 Å². The number of aliphatic carboxylic acids is 1. The van der Waals surface area contributed by atoms with Gasteiger partial charge in [0.05, 0.1) is 29.4 Å². The van der Waals surface area contributed by atoms with E-state index in [1.165, 1.54) is 35.3 Å². The van der Waals surface area contributed by atoms with Gasteiger partial charge < -0.3 is 74.8 Å². The van der Waals surface area contributed by atoms with Crippen molar-refractivity contribution in [3.8, 4) is 5.75 Å². The molecule has 6 amide bonds. The molecule has 23 heteroatoms. The second kappa shape index (κ2) is 20.6. The number of unbranched alkanes of at least 4 members (excludes halogenated alkanes) is 2. The van der Waals surface area contributed by atoms with E-state index in [1.807, 2.05) is 49.4 Å². The number of nitrogens with one attached hydrogen (secondary N) is 3. The first-order valence-electron chi connectivity index (χ1n) is 25.9. The summed E-state index contributed by atoms with van der Waals surface area (Å²) >= 11 is 0. The molecular formula is C55H59N7O16. The third-order valence-electron chi connectivity index (χ3n) is 16.1. The first kappa shape index (κ1) is 52.4. The molecule has 0 radical (unpaired) electrons. The van der Waals surface area contributed by atoms with E-state index < -0.39 is 72.8 Å². The Balaban J connectivity index is 0.807. The van der Waals surface area contributed by atoms with Crippen LogP contribution in [0.1, 0.15) is 62.1 Å². The Labute approximate surface area is 446 Å². The smallest absolute Gasteiger partial charge is 0.410 e. The standard InChI is InChI=1S/C55H59N7O16/c1-55-50(74-3)34(24-40(78-55)61-32-13-8-6-11-28(32)42-43-30(25-57-51(43)70)41-29-12-7-9-14-33(29)62(55)45(41)44(42)61)59(2)54(73)75-26-27-16-17-35(76-53-48(69)46(67)47(68)49(77-53)52(71)72)31(23-27)58-37(64)20-21-56-36(63)15-5-4-10-22-60-38(65)18-19-39(60)66/h6-9,11-14,16-19,23,34,40,44-50,53,67-69H,4-5,10,15,20-22,24-26H2,1-3H3,(H,56,63)(H,57,70)(H,58,64)(H,71,72). The lowest BCUT2D eigenvalue weighted by Gasteiger charge is -2.54. The molecule has 7 N–H and O–H groups in total. The quantitative estimate of drug-likeness (QED) is 0.0748. The van der Waals surface area contributed by atoms with Crippen LogP contribution in [0, 0.1) is 0 Å². The summed E-state index contributed by atoms with van der Waals surface area (Å²) in [6.45, 7) is 2.21. The van der Waals surface area contributed by atoms with Crippen LogP contribution in [0.3, 0.4) is 0 Å². The number of aliphatic hydroxyl groups excluding tert-OH is 3. The molecule has 4 saturated heterocycles. The molecule has 11 unspecified atom stereocenters. The lowest BCUT2D eigenvalue weighted by atomic mass is 9.77. The molecule has 7 heterocycles. The lowest BCUT2D eigenvalue weighted by molar-refractivity contribution is -0.271. The van der Waals surface area contributed by atoms with Gasteiger partial charge in [-0.25, -0.2) is 9.59 Å². The van der Waals surface area contributed by atoms with Crippen molar-refractivity contribution in [3.63, 3.8) is 0 Å². The SMILES string of the molecule is COC1C(N(C)C(=O)OCc2ccc(OC3OC(C(=O)O)C(O)C(O)C3O)c(NC(=O)CCNC(=O)CCCCCN3C(=O)C=CC3=O)c2)CC2OC1(C)N1c3ccccc3C3=C4CNC(=O)C4=C4c5ccccc5N2C4C31. The predicted octanol–water partition coefficient (Wildman–Crippen LogP) is 1.74. The zero-order valence-corrected chi connectivity index (χ0v) is 42.8. The zero-order valence-electron chi connectivity index (χ0n) is 42.8. The molecule has 4 fully saturated rings. The highest BCUT2D eigenvalue weighted by Crippen LogP contribution is 2.62. The second-order valence-electron chi connectivity index (χ2n) is 20.6. The number of hydrogen-bond acceptors (Lipinski definition) is 17. The number of likely N-dealkylation sites (N-methyl/N-ethyl adjacent to an activating group) is 1. The number of nitrogens with zero attached hydrogens (tertiary/aromatic N) is 4. The van der Waals surface area contributed by atoms with Crippen LogP contribution >= 0.6 is 0 Å². The van der Waals surface area contributed by atoms with E-state index in [0.29, 0.717) is 36.9 Å². The fraction of sp³-hybridized carbons (Fsp3) is 0.436. The number of ether oxygens (including phenoxy) is 5. The van der Waals surface area contributed by atoms with Crippen molar-refractivity contribution in [2.45, 2.75) is 119 Å². The van der Waals surface area contributed by atoms with Gasteiger partial charge in [0.15, 0.2) is 11.8 Å². The maximum absolute atomic E-state index is 14.5. The first-order chi connectivity index (χ1) is 37.5. The van der Waals surface area contributed by atoms with Crippen LogP contribution in [0.2, 0.25) is 0 Å². The number of fused-ring (bicyclic) bond motifs is 11. The number of benzene rings is 3. The van der Waals surface area contributed by atoms with E-state index in [1.54, 1.807) is 14.2 Å². The highest BCUT2D eigenvalue weighted by molar-refractivity contribution is 6.18. The third-order valence-corrected chi connectivity index (χ3v) is 16.1. The zero-order chi connectivity index (χ0) is 54.9. The summed E-state index contributed by atoms with van der Waals surface area (Å²) in [5.74, 6) is -3.58. The van der Waals surface area contributed by atoms with E-state index in [2.05, 4.69) is 31.8 Å². The van der Waals surface area contributed by atoms with Crippen LogP contribution in [0.25, 0.3) is 11.1 Å². The van der Waals surface area contributed by atoms with Crippen LogP contribution in [-0.2, 0) is 54.3 Å². The van der Waals surface area contributed by atoms with Crippen LogP contribution < -0.4 is 30.5 Å². The van der Waals surface area contributed by atoms with Gasteiger partial charge in [0.25, 0.3) is 17.7 Å². The van der Waals surface area contributed by atoms with E-state index in [4.69, 9.17) is 23.7 Å². The minimum atomic E-state index is -1.99. The molecule has 2 bridgehead atoms. The normalized spacial score (nSPS) is 28.9. The number of para-hydroxylation sites is 2. The number of carbonyl (C=O) groups excluding carboxylic acids is 6. The van der Waals surface area contributed by atoms with Crippen LogP contribution in [0.5, 0.6) is 5.75 Å². The molecule has 3 aromatic carbocycles. The highest BCUT2D eigenvalue weighted by atomic mass is 16.7. The summed E-state index contributed by atoms with van der Waals surface area (Å²) < 4.78 is 30.9. The van der Waals surface area contributed by atoms with Gasteiger partial charge >= 0.3 is 12.1 Å². The Morgan fingerprint density at radius 3 is 2.31 bits per heavy atom. The Morgan fingerprint density at radius 1 is 0.859 bits per heavy atom. The average molecular weight is 1070 g/mol. The summed E-state index contributed by atoms with van der Waals surface area (Å²) in [5, 5.41) is 49.7. The molecule has 11 atom stereocenters. The Morgan fingerprint density at radius 2 is 1.58 bits per heavy atom. The van der Waals surface area contributed by atoms with Gasteiger partial charge in [-0.1, -0.05) is 48.9 Å².